The van der Waals surface area contributed by atoms with Crippen molar-refractivity contribution in [1.29, 1.82) is 0 Å². The first-order valence-electron chi connectivity index (χ1n) is 15.1. The van der Waals surface area contributed by atoms with Crippen LogP contribution >= 0.6 is 0 Å². The Morgan fingerprint density at radius 1 is 0.667 bits per heavy atom. The van der Waals surface area contributed by atoms with Gasteiger partial charge in [-0.05, 0) is 101 Å². The number of hydrogen-bond donors (Lipinski definition) is 0. The van der Waals surface area contributed by atoms with E-state index >= 15 is 0 Å². The topological polar surface area (TPSA) is 17.1 Å². The highest BCUT2D eigenvalue weighted by Crippen LogP contribution is 2.76. The summed E-state index contributed by atoms with van der Waals surface area (Å²) in [5.74, 6) is 3.13. The number of ketones is 1. The Morgan fingerprint density at radius 2 is 1.28 bits per heavy atom. The van der Waals surface area contributed by atoms with Gasteiger partial charge in [0, 0.05) is 23.0 Å². The highest BCUT2D eigenvalue weighted by atomic mass is 16.1. The maximum Gasteiger partial charge on any atom is 0.188 e. The molecule has 9 rings (SSSR count). The number of carbonyl (C=O) groups is 1. The van der Waals surface area contributed by atoms with E-state index in [0.29, 0.717) is 29.6 Å². The monoisotopic (exact) mass is 506 g/mol. The first-order valence-corrected chi connectivity index (χ1v) is 15.1. The molecule has 2 fully saturated rings. The second-order valence-corrected chi connectivity index (χ2v) is 12.8. The maximum atomic E-state index is 13.6. The van der Waals surface area contributed by atoms with Crippen LogP contribution < -0.4 is 0 Å². The summed E-state index contributed by atoms with van der Waals surface area (Å²) < 4.78 is 0. The lowest BCUT2D eigenvalue weighted by Crippen LogP contribution is -2.43. The van der Waals surface area contributed by atoms with E-state index in [2.05, 4.69) is 85.1 Å². The van der Waals surface area contributed by atoms with Gasteiger partial charge in [0.25, 0.3) is 0 Å². The molecule has 192 valence electrons. The molecule has 1 nitrogen and oxygen atoms in total. The summed E-state index contributed by atoms with van der Waals surface area (Å²) in [6.07, 6.45) is 43.8. The molecule has 39 heavy (non-hydrogen) atoms. The van der Waals surface area contributed by atoms with E-state index in [1.807, 2.05) is 12.2 Å². The summed E-state index contributed by atoms with van der Waals surface area (Å²) in [6, 6.07) is 0. The Morgan fingerprint density at radius 3 is 1.92 bits per heavy atom. The number of carbonyl (C=O) groups excluding carboxylic acids is 1. The zero-order valence-electron chi connectivity index (χ0n) is 22.4. The Labute approximate surface area is 231 Å². The lowest BCUT2D eigenvalue weighted by atomic mass is 9.56. The third-order valence-electron chi connectivity index (χ3n) is 11.5. The fourth-order valence-corrected chi connectivity index (χ4v) is 10.3. The molecular weight excluding hydrogens is 472 g/mol. The van der Waals surface area contributed by atoms with Crippen molar-refractivity contribution in [2.75, 3.05) is 0 Å². The average Bonchev–Trinajstić information content (AvgIpc) is 3.48. The van der Waals surface area contributed by atoms with Gasteiger partial charge in [0.1, 0.15) is 0 Å². The SMILES string of the molecule is O=C(C1=CC2C3=C4C5=C(C=CCC5C5(C6CC=CC=C6C6=CC=CCC65)C4CC=C3)C2C=C1)C1=CC=CCC1. The average molecular weight is 507 g/mol. The van der Waals surface area contributed by atoms with Crippen LogP contribution in [0, 0.1) is 40.9 Å². The van der Waals surface area contributed by atoms with E-state index in [1.54, 1.807) is 27.9 Å². The predicted molar refractivity (Wildman–Crippen MR) is 157 cm³/mol. The highest BCUT2D eigenvalue weighted by molar-refractivity contribution is 6.10. The predicted octanol–water partition coefficient (Wildman–Crippen LogP) is 8.34. The fraction of sp³-hybridized carbons (Fsp3) is 0.342. The molecule has 0 aromatic rings. The molecule has 9 aliphatic carbocycles. The van der Waals surface area contributed by atoms with Crippen LogP contribution in [0.1, 0.15) is 38.5 Å². The third kappa shape index (κ3) is 2.74. The Kier molecular flexibility index (Phi) is 4.61. The quantitative estimate of drug-likeness (QED) is 0.368. The minimum Gasteiger partial charge on any atom is -0.289 e. The van der Waals surface area contributed by atoms with Crippen LogP contribution in [-0.4, -0.2) is 5.78 Å². The molecule has 0 amide bonds. The van der Waals surface area contributed by atoms with Gasteiger partial charge in [0.2, 0.25) is 0 Å². The van der Waals surface area contributed by atoms with Gasteiger partial charge >= 0.3 is 0 Å². The zero-order valence-corrected chi connectivity index (χ0v) is 22.4. The number of allylic oxidation sites excluding steroid dienone is 24. The van der Waals surface area contributed by atoms with Crippen molar-refractivity contribution in [2.45, 2.75) is 38.5 Å². The van der Waals surface area contributed by atoms with Crippen LogP contribution in [0.15, 0.2) is 142 Å². The minimum absolute atomic E-state index is 0.221. The fourth-order valence-electron chi connectivity index (χ4n) is 10.3. The van der Waals surface area contributed by atoms with Crippen molar-refractivity contribution in [2.24, 2.45) is 40.9 Å². The van der Waals surface area contributed by atoms with Gasteiger partial charge in [0.15, 0.2) is 5.78 Å². The lowest BCUT2D eigenvalue weighted by Gasteiger charge is -2.47. The molecule has 0 bridgehead atoms. The summed E-state index contributed by atoms with van der Waals surface area (Å²) in [5, 5.41) is 0. The van der Waals surface area contributed by atoms with E-state index in [4.69, 9.17) is 0 Å². The van der Waals surface area contributed by atoms with Crippen molar-refractivity contribution in [3.05, 3.63) is 142 Å². The lowest BCUT2D eigenvalue weighted by molar-refractivity contribution is -0.112. The molecular formula is C38H34O. The molecule has 0 radical (unpaired) electrons. The zero-order chi connectivity index (χ0) is 25.7. The van der Waals surface area contributed by atoms with Gasteiger partial charge in [-0.15, -0.1) is 0 Å². The van der Waals surface area contributed by atoms with Crippen LogP contribution in [-0.2, 0) is 4.79 Å². The Hall–Kier alpha value is -3.45. The molecule has 0 saturated heterocycles. The molecule has 2 saturated carbocycles. The van der Waals surface area contributed by atoms with Crippen molar-refractivity contribution >= 4 is 5.78 Å². The first-order chi connectivity index (χ1) is 19.3. The van der Waals surface area contributed by atoms with E-state index in [0.717, 1.165) is 36.8 Å². The Bertz CT molecular complexity index is 1560. The largest absolute Gasteiger partial charge is 0.289 e. The van der Waals surface area contributed by atoms with E-state index in [-0.39, 0.29) is 17.1 Å². The number of fused-ring (bicyclic) bond motifs is 10. The summed E-state index contributed by atoms with van der Waals surface area (Å²) in [6.45, 7) is 0. The van der Waals surface area contributed by atoms with Gasteiger partial charge in [-0.1, -0.05) is 97.2 Å². The van der Waals surface area contributed by atoms with Crippen molar-refractivity contribution in [3.8, 4) is 0 Å². The molecule has 1 spiro atoms. The molecule has 0 aliphatic heterocycles. The Balaban J connectivity index is 1.23. The van der Waals surface area contributed by atoms with Gasteiger partial charge < -0.3 is 0 Å². The second-order valence-electron chi connectivity index (χ2n) is 12.8. The normalized spacial score (nSPS) is 39.7. The standard InChI is InChI=1S/C38H34O/c39-37(23-10-2-1-3-11-23)24-20-21-25-28-14-8-18-33-35(28)36-29(30(25)22-24)15-9-19-34(36)38(33)31-16-6-4-12-26(31)27-13-5-7-17-32(27)38/h1-2,4-10,12-15,20-22,25,30-34H,3,11,16-19H2. The third-order valence-corrected chi connectivity index (χ3v) is 11.5. The summed E-state index contributed by atoms with van der Waals surface area (Å²) in [4.78, 5) is 13.6. The molecule has 0 aromatic carbocycles. The van der Waals surface area contributed by atoms with Gasteiger partial charge in [-0.2, -0.15) is 0 Å². The summed E-state index contributed by atoms with van der Waals surface area (Å²) in [5.41, 5.74) is 11.8. The van der Waals surface area contributed by atoms with Crippen LogP contribution in [0.3, 0.4) is 0 Å². The van der Waals surface area contributed by atoms with Gasteiger partial charge in [-0.25, -0.2) is 0 Å². The smallest absolute Gasteiger partial charge is 0.188 e. The molecule has 1 heteroatoms. The van der Waals surface area contributed by atoms with Crippen molar-refractivity contribution < 1.29 is 4.79 Å². The van der Waals surface area contributed by atoms with E-state index < -0.39 is 0 Å². The van der Waals surface area contributed by atoms with Crippen molar-refractivity contribution in [3.63, 3.8) is 0 Å². The van der Waals surface area contributed by atoms with Crippen LogP contribution in [0.5, 0.6) is 0 Å². The molecule has 0 N–H and O–H groups in total. The molecule has 6 unspecified atom stereocenters. The van der Waals surface area contributed by atoms with Crippen LogP contribution in [0.4, 0.5) is 0 Å². The second kappa shape index (κ2) is 8.04. The van der Waals surface area contributed by atoms with Crippen molar-refractivity contribution in [1.82, 2.24) is 0 Å². The molecule has 9 aliphatic rings. The number of rotatable bonds is 2. The maximum absolute atomic E-state index is 13.6. The first kappa shape index (κ1) is 22.4. The van der Waals surface area contributed by atoms with Crippen LogP contribution in [0.2, 0.25) is 0 Å². The molecule has 0 heterocycles. The summed E-state index contributed by atoms with van der Waals surface area (Å²) >= 11 is 0. The van der Waals surface area contributed by atoms with Gasteiger partial charge in [-0.3, -0.25) is 4.79 Å². The molecule has 0 aromatic heterocycles. The molecule has 6 atom stereocenters. The van der Waals surface area contributed by atoms with E-state index in [1.165, 1.54) is 18.4 Å². The summed E-state index contributed by atoms with van der Waals surface area (Å²) in [7, 11) is 0. The van der Waals surface area contributed by atoms with Crippen LogP contribution in [0.25, 0.3) is 0 Å². The number of Topliss-reactive ketones (excluding diaryl/α,β-unsaturated/α-hetero) is 1. The minimum atomic E-state index is 0.221. The number of hydrogen-bond acceptors (Lipinski definition) is 1. The highest BCUT2D eigenvalue weighted by Gasteiger charge is 2.68. The van der Waals surface area contributed by atoms with Gasteiger partial charge in [0.05, 0.1) is 0 Å². The van der Waals surface area contributed by atoms with E-state index in [9.17, 15) is 4.79 Å².